The van der Waals surface area contributed by atoms with E-state index in [9.17, 15) is 9.18 Å². The molecular formula is C13H15FN4O. The van der Waals surface area contributed by atoms with Gasteiger partial charge in [-0.3, -0.25) is 9.48 Å². The maximum atomic E-state index is 12.6. The zero-order chi connectivity index (χ0) is 13.8. The van der Waals surface area contributed by atoms with Gasteiger partial charge in [-0.2, -0.15) is 9.49 Å². The summed E-state index contributed by atoms with van der Waals surface area (Å²) in [5.41, 5.74) is 2.27. The van der Waals surface area contributed by atoms with E-state index in [1.165, 1.54) is 12.3 Å². The van der Waals surface area contributed by atoms with Gasteiger partial charge in [-0.15, -0.1) is 0 Å². The molecule has 0 aromatic carbocycles. The van der Waals surface area contributed by atoms with Crippen LogP contribution in [0.4, 0.5) is 4.39 Å². The number of rotatable bonds is 4. The Labute approximate surface area is 110 Å². The van der Waals surface area contributed by atoms with Crippen molar-refractivity contribution in [1.29, 1.82) is 0 Å². The van der Waals surface area contributed by atoms with Crippen molar-refractivity contribution in [2.75, 3.05) is 0 Å². The predicted molar refractivity (Wildman–Crippen MR) is 68.0 cm³/mol. The SMILES string of the molecule is CCc1nn(C)cc1CNC(=O)c1ccc(F)nc1. The van der Waals surface area contributed by atoms with Gasteiger partial charge in [0.25, 0.3) is 5.91 Å². The Hall–Kier alpha value is -2.24. The molecule has 19 heavy (non-hydrogen) atoms. The molecule has 0 aliphatic rings. The first-order valence-electron chi connectivity index (χ1n) is 6.01. The van der Waals surface area contributed by atoms with Crippen LogP contribution in [-0.4, -0.2) is 20.7 Å². The first kappa shape index (κ1) is 13.2. The molecule has 0 unspecified atom stereocenters. The highest BCUT2D eigenvalue weighted by molar-refractivity contribution is 5.93. The Morgan fingerprint density at radius 3 is 2.89 bits per heavy atom. The van der Waals surface area contributed by atoms with Crippen LogP contribution < -0.4 is 5.32 Å². The molecule has 2 aromatic rings. The minimum Gasteiger partial charge on any atom is -0.348 e. The largest absolute Gasteiger partial charge is 0.348 e. The number of halogens is 1. The molecule has 2 rings (SSSR count). The highest BCUT2D eigenvalue weighted by atomic mass is 19.1. The Kier molecular flexibility index (Phi) is 3.89. The fourth-order valence-electron chi connectivity index (χ4n) is 1.82. The van der Waals surface area contributed by atoms with Crippen LogP contribution in [0, 0.1) is 5.95 Å². The standard InChI is InChI=1S/C13H15FN4O/c1-3-11-10(8-18(2)17-11)7-16-13(19)9-4-5-12(14)15-6-9/h4-6,8H,3,7H2,1-2H3,(H,16,19). The number of nitrogens with zero attached hydrogens (tertiary/aromatic N) is 3. The first-order valence-corrected chi connectivity index (χ1v) is 6.01. The van der Waals surface area contributed by atoms with Crippen molar-refractivity contribution in [3.63, 3.8) is 0 Å². The molecule has 0 saturated carbocycles. The van der Waals surface area contributed by atoms with Crippen molar-refractivity contribution in [3.05, 3.63) is 47.3 Å². The molecule has 6 heteroatoms. The fourth-order valence-corrected chi connectivity index (χ4v) is 1.82. The second-order valence-corrected chi connectivity index (χ2v) is 4.18. The maximum Gasteiger partial charge on any atom is 0.253 e. The molecule has 0 atom stereocenters. The molecule has 0 spiro atoms. The Balaban J connectivity index is 2.02. The summed E-state index contributed by atoms with van der Waals surface area (Å²) in [6.45, 7) is 2.41. The molecule has 0 fully saturated rings. The zero-order valence-electron chi connectivity index (χ0n) is 10.9. The lowest BCUT2D eigenvalue weighted by Crippen LogP contribution is -2.23. The van der Waals surface area contributed by atoms with Gasteiger partial charge < -0.3 is 5.32 Å². The molecule has 1 N–H and O–H groups in total. The summed E-state index contributed by atoms with van der Waals surface area (Å²) in [4.78, 5) is 15.3. The third-order valence-electron chi connectivity index (χ3n) is 2.76. The molecule has 0 radical (unpaired) electrons. The van der Waals surface area contributed by atoms with Gasteiger partial charge in [0.15, 0.2) is 0 Å². The minimum atomic E-state index is -0.600. The summed E-state index contributed by atoms with van der Waals surface area (Å²) in [6.07, 6.45) is 3.90. The molecule has 0 saturated heterocycles. The van der Waals surface area contributed by atoms with E-state index in [0.29, 0.717) is 12.1 Å². The van der Waals surface area contributed by atoms with Crippen molar-refractivity contribution in [2.45, 2.75) is 19.9 Å². The minimum absolute atomic E-state index is 0.279. The molecule has 2 aromatic heterocycles. The highest BCUT2D eigenvalue weighted by Crippen LogP contribution is 2.07. The van der Waals surface area contributed by atoms with Crippen LogP contribution in [0.3, 0.4) is 0 Å². The summed E-state index contributed by atoms with van der Waals surface area (Å²) >= 11 is 0. The number of hydrogen-bond donors (Lipinski definition) is 1. The second kappa shape index (κ2) is 5.60. The predicted octanol–water partition coefficient (Wildman–Crippen LogP) is 1.45. The van der Waals surface area contributed by atoms with E-state index >= 15 is 0 Å². The van der Waals surface area contributed by atoms with Gasteiger partial charge in [0, 0.05) is 31.5 Å². The van der Waals surface area contributed by atoms with Gasteiger partial charge in [-0.1, -0.05) is 6.92 Å². The molecular weight excluding hydrogens is 247 g/mol. The average Bonchev–Trinajstić information content (AvgIpc) is 2.77. The lowest BCUT2D eigenvalue weighted by Gasteiger charge is -2.04. The zero-order valence-corrected chi connectivity index (χ0v) is 10.9. The monoisotopic (exact) mass is 262 g/mol. The van der Waals surface area contributed by atoms with Crippen LogP contribution >= 0.6 is 0 Å². The van der Waals surface area contributed by atoms with Gasteiger partial charge in [-0.25, -0.2) is 4.98 Å². The number of hydrogen-bond acceptors (Lipinski definition) is 3. The summed E-state index contributed by atoms with van der Waals surface area (Å²) in [5, 5.41) is 7.06. The number of carbonyl (C=O) groups excluding carboxylic acids is 1. The van der Waals surface area contributed by atoms with Crippen molar-refractivity contribution in [1.82, 2.24) is 20.1 Å². The molecule has 0 aliphatic heterocycles. The number of aromatic nitrogens is 3. The number of aryl methyl sites for hydroxylation is 2. The van der Waals surface area contributed by atoms with E-state index in [2.05, 4.69) is 15.4 Å². The van der Waals surface area contributed by atoms with Gasteiger partial charge in [0.1, 0.15) is 0 Å². The number of nitrogens with one attached hydrogen (secondary N) is 1. The lowest BCUT2D eigenvalue weighted by atomic mass is 10.2. The Morgan fingerprint density at radius 2 is 2.26 bits per heavy atom. The summed E-state index contributed by atoms with van der Waals surface area (Å²) in [6, 6.07) is 2.57. The van der Waals surface area contributed by atoms with Crippen molar-refractivity contribution in [3.8, 4) is 0 Å². The van der Waals surface area contributed by atoms with E-state index in [0.717, 1.165) is 23.7 Å². The van der Waals surface area contributed by atoms with Crippen LogP contribution in [0.5, 0.6) is 0 Å². The van der Waals surface area contributed by atoms with Crippen LogP contribution in [-0.2, 0) is 20.0 Å². The normalized spacial score (nSPS) is 10.5. The third-order valence-corrected chi connectivity index (χ3v) is 2.76. The molecule has 100 valence electrons. The Morgan fingerprint density at radius 1 is 1.47 bits per heavy atom. The number of pyridine rings is 1. The molecule has 2 heterocycles. The summed E-state index contributed by atoms with van der Waals surface area (Å²) in [5.74, 6) is -0.879. The van der Waals surface area contributed by atoms with Gasteiger partial charge in [0.05, 0.1) is 11.3 Å². The highest BCUT2D eigenvalue weighted by Gasteiger charge is 2.09. The van der Waals surface area contributed by atoms with Crippen LogP contribution in [0.25, 0.3) is 0 Å². The van der Waals surface area contributed by atoms with E-state index in [1.54, 1.807) is 4.68 Å². The van der Waals surface area contributed by atoms with Crippen molar-refractivity contribution >= 4 is 5.91 Å². The average molecular weight is 262 g/mol. The molecule has 0 aliphatic carbocycles. The van der Waals surface area contributed by atoms with E-state index in [-0.39, 0.29) is 5.91 Å². The van der Waals surface area contributed by atoms with Crippen LogP contribution in [0.15, 0.2) is 24.5 Å². The van der Waals surface area contributed by atoms with Crippen LogP contribution in [0.1, 0.15) is 28.5 Å². The lowest BCUT2D eigenvalue weighted by molar-refractivity contribution is 0.0950. The Bertz CT molecular complexity index is 577. The van der Waals surface area contributed by atoms with Gasteiger partial charge in [0.2, 0.25) is 5.95 Å². The van der Waals surface area contributed by atoms with Gasteiger partial charge in [-0.05, 0) is 18.6 Å². The number of carbonyl (C=O) groups is 1. The number of amides is 1. The fraction of sp³-hybridized carbons (Fsp3) is 0.308. The van der Waals surface area contributed by atoms with E-state index in [1.807, 2.05) is 20.2 Å². The smallest absolute Gasteiger partial charge is 0.253 e. The summed E-state index contributed by atoms with van der Waals surface area (Å²) in [7, 11) is 1.84. The summed E-state index contributed by atoms with van der Waals surface area (Å²) < 4.78 is 14.4. The van der Waals surface area contributed by atoms with Gasteiger partial charge >= 0.3 is 0 Å². The first-order chi connectivity index (χ1) is 9.10. The topological polar surface area (TPSA) is 59.8 Å². The van der Waals surface area contributed by atoms with Crippen molar-refractivity contribution in [2.24, 2.45) is 7.05 Å². The van der Waals surface area contributed by atoms with E-state index < -0.39 is 5.95 Å². The van der Waals surface area contributed by atoms with E-state index in [4.69, 9.17) is 0 Å². The maximum absolute atomic E-state index is 12.6. The molecule has 5 nitrogen and oxygen atoms in total. The second-order valence-electron chi connectivity index (χ2n) is 4.18. The quantitative estimate of drug-likeness (QED) is 0.848. The molecule has 0 bridgehead atoms. The van der Waals surface area contributed by atoms with Crippen LogP contribution in [0.2, 0.25) is 0 Å². The third kappa shape index (κ3) is 3.15. The van der Waals surface area contributed by atoms with Crippen molar-refractivity contribution < 1.29 is 9.18 Å². The molecule has 1 amide bonds.